The first-order valence-electron chi connectivity index (χ1n) is 5.09. The van der Waals surface area contributed by atoms with Gasteiger partial charge in [0.05, 0.1) is 6.26 Å². The molecule has 1 saturated heterocycles. The summed E-state index contributed by atoms with van der Waals surface area (Å²) in [4.78, 5) is 6.28. The molecule has 1 fully saturated rings. The van der Waals surface area contributed by atoms with Crippen LogP contribution in [0, 0.1) is 6.07 Å². The van der Waals surface area contributed by atoms with Crippen LogP contribution in [0.5, 0.6) is 0 Å². The van der Waals surface area contributed by atoms with Crippen LogP contribution in [0.4, 0.5) is 5.82 Å². The van der Waals surface area contributed by atoms with Crippen LogP contribution in [-0.4, -0.2) is 50.1 Å². The van der Waals surface area contributed by atoms with E-state index in [0.29, 0.717) is 26.2 Å². The minimum atomic E-state index is -3.05. The summed E-state index contributed by atoms with van der Waals surface area (Å²) in [6, 6.07) is 6.53. The van der Waals surface area contributed by atoms with Crippen molar-refractivity contribution in [1.29, 1.82) is 0 Å². The van der Waals surface area contributed by atoms with E-state index < -0.39 is 10.0 Å². The molecular weight excluding hydrogens is 226 g/mol. The fourth-order valence-electron chi connectivity index (χ4n) is 1.74. The van der Waals surface area contributed by atoms with Gasteiger partial charge in [0.2, 0.25) is 10.0 Å². The quantitative estimate of drug-likeness (QED) is 0.728. The molecule has 1 aromatic rings. The Morgan fingerprint density at radius 1 is 1.31 bits per heavy atom. The summed E-state index contributed by atoms with van der Waals surface area (Å²) < 4.78 is 24.1. The van der Waals surface area contributed by atoms with Gasteiger partial charge in [-0.3, -0.25) is 0 Å². The molecule has 0 atom stereocenters. The Morgan fingerprint density at radius 2 is 2.00 bits per heavy atom. The highest BCUT2D eigenvalue weighted by molar-refractivity contribution is 7.88. The molecule has 1 radical (unpaired) electrons. The van der Waals surface area contributed by atoms with Crippen LogP contribution in [-0.2, 0) is 10.0 Å². The second-order valence-electron chi connectivity index (χ2n) is 3.76. The molecule has 1 aliphatic rings. The van der Waals surface area contributed by atoms with Gasteiger partial charge in [-0.15, -0.1) is 0 Å². The number of aromatic nitrogens is 1. The van der Waals surface area contributed by atoms with Crippen molar-refractivity contribution < 1.29 is 8.42 Å². The predicted octanol–water partition coefficient (Wildman–Crippen LogP) is -0.0366. The lowest BCUT2D eigenvalue weighted by molar-refractivity contribution is 0.387. The molecular formula is C10H14N3O2S. The molecule has 1 aliphatic heterocycles. The summed E-state index contributed by atoms with van der Waals surface area (Å²) in [6.45, 7) is 2.40. The zero-order chi connectivity index (χ0) is 11.6. The maximum Gasteiger partial charge on any atom is 0.211 e. The number of hydrogen-bond donors (Lipinski definition) is 0. The minimum absolute atomic E-state index is 0.523. The van der Waals surface area contributed by atoms with Crippen LogP contribution in [0.25, 0.3) is 0 Å². The summed E-state index contributed by atoms with van der Waals surface area (Å²) in [5.41, 5.74) is 0. The van der Waals surface area contributed by atoms with Gasteiger partial charge in [-0.2, -0.15) is 4.31 Å². The zero-order valence-electron chi connectivity index (χ0n) is 9.13. The van der Waals surface area contributed by atoms with Crippen molar-refractivity contribution in [2.75, 3.05) is 37.3 Å². The first kappa shape index (κ1) is 11.3. The molecule has 1 aromatic heterocycles. The number of sulfonamides is 1. The SMILES string of the molecule is CS(=O)(=O)N1CCN(c2c[c]ccn2)CC1. The van der Waals surface area contributed by atoms with Crippen LogP contribution in [0.15, 0.2) is 18.3 Å². The predicted molar refractivity (Wildman–Crippen MR) is 61.7 cm³/mol. The number of rotatable bonds is 2. The van der Waals surface area contributed by atoms with Crippen LogP contribution in [0.2, 0.25) is 0 Å². The summed E-state index contributed by atoms with van der Waals surface area (Å²) in [5, 5.41) is 0. The van der Waals surface area contributed by atoms with E-state index in [2.05, 4.69) is 16.0 Å². The molecule has 2 heterocycles. The van der Waals surface area contributed by atoms with Gasteiger partial charge in [0.1, 0.15) is 5.82 Å². The van der Waals surface area contributed by atoms with Gasteiger partial charge in [-0.05, 0) is 18.2 Å². The highest BCUT2D eigenvalue weighted by atomic mass is 32.2. The molecule has 0 aliphatic carbocycles. The third-order valence-corrected chi connectivity index (χ3v) is 3.92. The van der Waals surface area contributed by atoms with E-state index in [-0.39, 0.29) is 0 Å². The standard InChI is InChI=1S/C10H14N3O2S/c1-16(14,15)13-8-6-12(7-9-13)10-4-2-3-5-11-10/h3-5H,6-9H2,1H3. The third-order valence-electron chi connectivity index (χ3n) is 2.62. The Morgan fingerprint density at radius 3 is 2.50 bits per heavy atom. The normalized spacial score (nSPS) is 18.7. The van der Waals surface area contributed by atoms with Crippen LogP contribution < -0.4 is 4.90 Å². The number of anilines is 1. The van der Waals surface area contributed by atoms with Gasteiger partial charge in [-0.1, -0.05) is 0 Å². The first-order valence-corrected chi connectivity index (χ1v) is 6.94. The first-order chi connectivity index (χ1) is 7.57. The number of pyridine rings is 1. The number of piperazine rings is 1. The lowest BCUT2D eigenvalue weighted by Crippen LogP contribution is -2.48. The molecule has 87 valence electrons. The Bertz CT molecular complexity index is 438. The van der Waals surface area contributed by atoms with Crippen molar-refractivity contribution >= 4 is 15.8 Å². The number of hydrogen-bond acceptors (Lipinski definition) is 4. The van der Waals surface area contributed by atoms with Crippen LogP contribution in [0.3, 0.4) is 0 Å². The zero-order valence-corrected chi connectivity index (χ0v) is 9.94. The molecule has 2 rings (SSSR count). The lowest BCUT2D eigenvalue weighted by atomic mass is 10.3. The topological polar surface area (TPSA) is 53.5 Å². The van der Waals surface area contributed by atoms with E-state index >= 15 is 0 Å². The van der Waals surface area contributed by atoms with Crippen molar-refractivity contribution in [2.45, 2.75) is 0 Å². The molecule has 0 bridgehead atoms. The van der Waals surface area contributed by atoms with Crippen LogP contribution >= 0.6 is 0 Å². The molecule has 6 heteroatoms. The molecule has 0 unspecified atom stereocenters. The van der Waals surface area contributed by atoms with Crippen molar-refractivity contribution in [3.8, 4) is 0 Å². The fraction of sp³-hybridized carbons (Fsp3) is 0.500. The third kappa shape index (κ3) is 2.51. The van der Waals surface area contributed by atoms with E-state index in [1.165, 1.54) is 10.6 Å². The molecule has 16 heavy (non-hydrogen) atoms. The van der Waals surface area contributed by atoms with E-state index in [4.69, 9.17) is 0 Å². The van der Waals surface area contributed by atoms with Gasteiger partial charge in [0, 0.05) is 32.4 Å². The average molecular weight is 240 g/mol. The van der Waals surface area contributed by atoms with Gasteiger partial charge < -0.3 is 4.90 Å². The molecule has 0 aromatic carbocycles. The molecule has 0 spiro atoms. The summed E-state index contributed by atoms with van der Waals surface area (Å²) in [5.74, 6) is 0.857. The Hall–Kier alpha value is -1.14. The Labute approximate surface area is 95.8 Å². The Kier molecular flexibility index (Phi) is 3.11. The van der Waals surface area contributed by atoms with Crippen molar-refractivity contribution in [3.05, 3.63) is 24.4 Å². The summed E-state index contributed by atoms with van der Waals surface area (Å²) in [7, 11) is -3.05. The van der Waals surface area contributed by atoms with Gasteiger partial charge in [-0.25, -0.2) is 13.4 Å². The van der Waals surface area contributed by atoms with E-state index in [0.717, 1.165) is 5.82 Å². The molecule has 0 saturated carbocycles. The maximum absolute atomic E-state index is 11.3. The lowest BCUT2D eigenvalue weighted by Gasteiger charge is -2.33. The molecule has 0 N–H and O–H groups in total. The van der Waals surface area contributed by atoms with Crippen molar-refractivity contribution in [1.82, 2.24) is 9.29 Å². The summed E-state index contributed by atoms with van der Waals surface area (Å²) in [6.07, 6.45) is 2.94. The maximum atomic E-state index is 11.3. The fourth-order valence-corrected chi connectivity index (χ4v) is 2.56. The van der Waals surface area contributed by atoms with Gasteiger partial charge in [0.25, 0.3) is 0 Å². The second kappa shape index (κ2) is 4.39. The van der Waals surface area contributed by atoms with Crippen molar-refractivity contribution in [3.63, 3.8) is 0 Å². The van der Waals surface area contributed by atoms with Crippen molar-refractivity contribution in [2.24, 2.45) is 0 Å². The highest BCUT2D eigenvalue weighted by Crippen LogP contribution is 2.13. The van der Waals surface area contributed by atoms with Gasteiger partial charge in [0.15, 0.2) is 0 Å². The Balaban J connectivity index is 2.01. The summed E-state index contributed by atoms with van der Waals surface area (Å²) >= 11 is 0. The highest BCUT2D eigenvalue weighted by Gasteiger charge is 2.23. The minimum Gasteiger partial charge on any atom is -0.354 e. The largest absolute Gasteiger partial charge is 0.354 e. The molecule has 5 nitrogen and oxygen atoms in total. The van der Waals surface area contributed by atoms with E-state index in [1.54, 1.807) is 12.3 Å². The monoisotopic (exact) mass is 240 g/mol. The molecule has 0 amide bonds. The smallest absolute Gasteiger partial charge is 0.211 e. The van der Waals surface area contributed by atoms with E-state index in [1.807, 2.05) is 6.07 Å². The van der Waals surface area contributed by atoms with Gasteiger partial charge >= 0.3 is 0 Å². The number of nitrogens with zero attached hydrogens (tertiary/aromatic N) is 3. The van der Waals surface area contributed by atoms with E-state index in [9.17, 15) is 8.42 Å². The van der Waals surface area contributed by atoms with Crippen LogP contribution in [0.1, 0.15) is 0 Å². The average Bonchev–Trinajstić information content (AvgIpc) is 2.29. The second-order valence-corrected chi connectivity index (χ2v) is 5.75.